The van der Waals surface area contributed by atoms with E-state index in [1.165, 1.54) is 0 Å². The molecule has 19 heavy (non-hydrogen) atoms. The Morgan fingerprint density at radius 1 is 1.11 bits per heavy atom. The normalized spacial score (nSPS) is 12.5. The number of hydrogen-bond acceptors (Lipinski definition) is 4. The smallest absolute Gasteiger partial charge is 0.231 e. The molecule has 0 amide bonds. The second-order valence-corrected chi connectivity index (χ2v) is 4.63. The van der Waals surface area contributed by atoms with Gasteiger partial charge in [0, 0.05) is 28.9 Å². The summed E-state index contributed by atoms with van der Waals surface area (Å²) in [6, 6.07) is 10.7. The molecular formula is C14H12ClNO3. The van der Waals surface area contributed by atoms with Crippen LogP contribution in [0.25, 0.3) is 0 Å². The van der Waals surface area contributed by atoms with E-state index in [9.17, 15) is 5.11 Å². The van der Waals surface area contributed by atoms with Gasteiger partial charge in [-0.1, -0.05) is 11.6 Å². The second-order valence-electron chi connectivity index (χ2n) is 4.19. The first-order valence-electron chi connectivity index (χ1n) is 5.83. The minimum atomic E-state index is 0.186. The maximum absolute atomic E-state index is 9.90. The summed E-state index contributed by atoms with van der Waals surface area (Å²) in [7, 11) is 0. The molecule has 2 aromatic carbocycles. The molecular weight excluding hydrogens is 266 g/mol. The number of benzene rings is 2. The summed E-state index contributed by atoms with van der Waals surface area (Å²) in [6.07, 6.45) is 0. The molecule has 0 unspecified atom stereocenters. The van der Waals surface area contributed by atoms with Crippen LogP contribution >= 0.6 is 11.6 Å². The maximum atomic E-state index is 9.90. The fraction of sp³-hybridized carbons (Fsp3) is 0.143. The molecule has 0 aliphatic carbocycles. The lowest BCUT2D eigenvalue weighted by molar-refractivity contribution is 0.174. The average molecular weight is 278 g/mol. The topological polar surface area (TPSA) is 50.7 Å². The van der Waals surface area contributed by atoms with Crippen LogP contribution in [0.5, 0.6) is 17.2 Å². The van der Waals surface area contributed by atoms with Crippen molar-refractivity contribution in [3.63, 3.8) is 0 Å². The zero-order chi connectivity index (χ0) is 13.2. The van der Waals surface area contributed by atoms with Crippen molar-refractivity contribution < 1.29 is 14.6 Å². The molecule has 0 aromatic heterocycles. The van der Waals surface area contributed by atoms with Crippen molar-refractivity contribution in [2.45, 2.75) is 6.54 Å². The molecule has 0 saturated carbocycles. The van der Waals surface area contributed by atoms with E-state index < -0.39 is 0 Å². The quantitative estimate of drug-likeness (QED) is 0.903. The van der Waals surface area contributed by atoms with Gasteiger partial charge in [-0.15, -0.1) is 0 Å². The standard InChI is InChI=1S/C14H12ClNO3/c15-10-1-3-11(4-2-10)16-7-9-5-13-14(6-12(9)17)19-8-18-13/h1-6,16-17H,7-8H2. The number of anilines is 1. The molecule has 2 aromatic rings. The monoisotopic (exact) mass is 277 g/mol. The number of aromatic hydroxyl groups is 1. The number of phenolic OH excluding ortho intramolecular Hbond substituents is 1. The van der Waals surface area contributed by atoms with Crippen molar-refractivity contribution in [2.24, 2.45) is 0 Å². The Bertz CT molecular complexity index is 598. The van der Waals surface area contributed by atoms with Gasteiger partial charge >= 0.3 is 0 Å². The summed E-state index contributed by atoms with van der Waals surface area (Å²) in [5, 5.41) is 13.8. The Balaban J connectivity index is 1.75. The Morgan fingerprint density at radius 3 is 2.53 bits per heavy atom. The number of fused-ring (bicyclic) bond motifs is 1. The van der Waals surface area contributed by atoms with E-state index >= 15 is 0 Å². The molecule has 5 heteroatoms. The molecule has 3 rings (SSSR count). The minimum Gasteiger partial charge on any atom is -0.507 e. The molecule has 4 nitrogen and oxygen atoms in total. The van der Waals surface area contributed by atoms with Crippen LogP contribution in [0.15, 0.2) is 36.4 Å². The van der Waals surface area contributed by atoms with Crippen LogP contribution in [-0.2, 0) is 6.54 Å². The Labute approximate surface area is 115 Å². The summed E-state index contributed by atoms with van der Waals surface area (Å²) in [4.78, 5) is 0. The number of rotatable bonds is 3. The lowest BCUT2D eigenvalue weighted by Crippen LogP contribution is -1.99. The van der Waals surface area contributed by atoms with Gasteiger partial charge in [0.15, 0.2) is 11.5 Å². The third kappa shape index (κ3) is 2.53. The van der Waals surface area contributed by atoms with Crippen molar-refractivity contribution in [1.29, 1.82) is 0 Å². The predicted molar refractivity (Wildman–Crippen MR) is 73.0 cm³/mol. The van der Waals surface area contributed by atoms with Gasteiger partial charge in [0.2, 0.25) is 6.79 Å². The SMILES string of the molecule is Oc1cc2c(cc1CNc1ccc(Cl)cc1)OCO2. The summed E-state index contributed by atoms with van der Waals surface area (Å²) in [5.74, 6) is 1.42. The third-order valence-electron chi connectivity index (χ3n) is 2.90. The van der Waals surface area contributed by atoms with Crippen LogP contribution in [0.4, 0.5) is 5.69 Å². The van der Waals surface area contributed by atoms with Crippen LogP contribution in [0.3, 0.4) is 0 Å². The summed E-state index contributed by atoms with van der Waals surface area (Å²) in [5.41, 5.74) is 1.68. The minimum absolute atomic E-state index is 0.186. The van der Waals surface area contributed by atoms with Crippen molar-refractivity contribution in [3.05, 3.63) is 47.0 Å². The predicted octanol–water partition coefficient (Wildman–Crippen LogP) is 3.39. The van der Waals surface area contributed by atoms with E-state index in [1.54, 1.807) is 12.1 Å². The number of nitrogens with one attached hydrogen (secondary N) is 1. The van der Waals surface area contributed by atoms with E-state index in [0.29, 0.717) is 23.1 Å². The first-order chi connectivity index (χ1) is 9.22. The van der Waals surface area contributed by atoms with E-state index in [1.807, 2.05) is 24.3 Å². The molecule has 1 heterocycles. The summed E-state index contributed by atoms with van der Waals surface area (Å²) >= 11 is 5.82. The molecule has 0 radical (unpaired) electrons. The van der Waals surface area contributed by atoms with Gasteiger partial charge in [-0.05, 0) is 30.3 Å². The van der Waals surface area contributed by atoms with Gasteiger partial charge in [0.05, 0.1) is 0 Å². The zero-order valence-electron chi connectivity index (χ0n) is 10.0. The van der Waals surface area contributed by atoms with Gasteiger partial charge < -0.3 is 19.9 Å². The van der Waals surface area contributed by atoms with Crippen LogP contribution in [0.1, 0.15) is 5.56 Å². The largest absolute Gasteiger partial charge is 0.507 e. The molecule has 0 fully saturated rings. The molecule has 98 valence electrons. The Hall–Kier alpha value is -2.07. The van der Waals surface area contributed by atoms with E-state index in [-0.39, 0.29) is 12.5 Å². The fourth-order valence-corrected chi connectivity index (χ4v) is 2.01. The molecule has 1 aliphatic rings. The number of hydrogen-bond donors (Lipinski definition) is 2. The Kier molecular flexibility index (Phi) is 3.09. The number of phenols is 1. The highest BCUT2D eigenvalue weighted by Crippen LogP contribution is 2.37. The number of ether oxygens (including phenoxy) is 2. The van der Waals surface area contributed by atoms with Crippen molar-refractivity contribution in [2.75, 3.05) is 12.1 Å². The molecule has 0 saturated heterocycles. The lowest BCUT2D eigenvalue weighted by Gasteiger charge is -2.09. The second kappa shape index (κ2) is 4.90. The maximum Gasteiger partial charge on any atom is 0.231 e. The molecule has 1 aliphatic heterocycles. The van der Waals surface area contributed by atoms with Crippen LogP contribution in [0.2, 0.25) is 5.02 Å². The highest BCUT2D eigenvalue weighted by Gasteiger charge is 2.16. The van der Waals surface area contributed by atoms with Crippen LogP contribution in [0, 0.1) is 0 Å². The van der Waals surface area contributed by atoms with Crippen molar-refractivity contribution in [1.82, 2.24) is 0 Å². The summed E-state index contributed by atoms with van der Waals surface area (Å²) in [6.45, 7) is 0.687. The molecule has 2 N–H and O–H groups in total. The zero-order valence-corrected chi connectivity index (χ0v) is 10.8. The first-order valence-corrected chi connectivity index (χ1v) is 6.21. The van der Waals surface area contributed by atoms with Gasteiger partial charge in [-0.2, -0.15) is 0 Å². The van der Waals surface area contributed by atoms with Gasteiger partial charge in [-0.3, -0.25) is 0 Å². The molecule has 0 bridgehead atoms. The van der Waals surface area contributed by atoms with Crippen molar-refractivity contribution >= 4 is 17.3 Å². The van der Waals surface area contributed by atoms with Gasteiger partial charge in [0.1, 0.15) is 5.75 Å². The highest BCUT2D eigenvalue weighted by atomic mass is 35.5. The van der Waals surface area contributed by atoms with Crippen LogP contribution < -0.4 is 14.8 Å². The third-order valence-corrected chi connectivity index (χ3v) is 3.15. The van der Waals surface area contributed by atoms with E-state index in [4.69, 9.17) is 21.1 Å². The highest BCUT2D eigenvalue weighted by molar-refractivity contribution is 6.30. The van der Waals surface area contributed by atoms with Gasteiger partial charge in [-0.25, -0.2) is 0 Å². The summed E-state index contributed by atoms with van der Waals surface area (Å²) < 4.78 is 10.5. The fourth-order valence-electron chi connectivity index (χ4n) is 1.88. The van der Waals surface area contributed by atoms with E-state index in [0.717, 1.165) is 11.3 Å². The number of halogens is 1. The van der Waals surface area contributed by atoms with E-state index in [2.05, 4.69) is 5.32 Å². The van der Waals surface area contributed by atoms with Gasteiger partial charge in [0.25, 0.3) is 0 Å². The average Bonchev–Trinajstić information content (AvgIpc) is 2.85. The lowest BCUT2D eigenvalue weighted by atomic mass is 10.1. The first kappa shape index (κ1) is 12.0. The Morgan fingerprint density at radius 2 is 1.79 bits per heavy atom. The van der Waals surface area contributed by atoms with Crippen molar-refractivity contribution in [3.8, 4) is 17.2 Å². The molecule has 0 spiro atoms. The molecule has 0 atom stereocenters. The van der Waals surface area contributed by atoms with Crippen LogP contribution in [-0.4, -0.2) is 11.9 Å².